The fourth-order valence-electron chi connectivity index (χ4n) is 5.22. The van der Waals surface area contributed by atoms with Crippen molar-refractivity contribution in [2.75, 3.05) is 0 Å². The number of rotatable bonds is 4. The molecule has 36 heavy (non-hydrogen) atoms. The predicted octanol–water partition coefficient (Wildman–Crippen LogP) is 3.20. The van der Waals surface area contributed by atoms with Crippen molar-refractivity contribution in [3.63, 3.8) is 0 Å². The number of halogens is 3. The van der Waals surface area contributed by atoms with Gasteiger partial charge in [-0.2, -0.15) is 13.2 Å². The van der Waals surface area contributed by atoms with Gasteiger partial charge in [0.05, 0.1) is 24.4 Å². The summed E-state index contributed by atoms with van der Waals surface area (Å²) in [5, 5.41) is 7.12. The molecule has 2 bridgehead atoms. The summed E-state index contributed by atoms with van der Waals surface area (Å²) >= 11 is 0. The zero-order valence-electron chi connectivity index (χ0n) is 19.2. The van der Waals surface area contributed by atoms with Crippen LogP contribution in [-0.4, -0.2) is 56.7 Å². The molecule has 1 N–H and O–H groups in total. The summed E-state index contributed by atoms with van der Waals surface area (Å²) in [6.45, 7) is 2.72. The number of aliphatic carboxylic acids is 1. The van der Waals surface area contributed by atoms with Gasteiger partial charge in [-0.25, -0.2) is 4.79 Å². The van der Waals surface area contributed by atoms with E-state index in [-0.39, 0.29) is 30.2 Å². The lowest BCUT2D eigenvalue weighted by Crippen LogP contribution is -2.49. The van der Waals surface area contributed by atoms with Crippen molar-refractivity contribution in [1.29, 1.82) is 0 Å². The molecule has 7 nitrogen and oxygen atoms in total. The summed E-state index contributed by atoms with van der Waals surface area (Å²) in [5.74, 6) is -4.27. The van der Waals surface area contributed by atoms with Gasteiger partial charge in [-0.05, 0) is 24.1 Å². The number of likely N-dealkylation sites (tertiary alicyclic amines) is 1. The molecule has 0 aromatic heterocycles. The second-order valence-electron chi connectivity index (χ2n) is 8.94. The van der Waals surface area contributed by atoms with Gasteiger partial charge in [0.2, 0.25) is 11.8 Å². The Hall–Kier alpha value is -3.79. The van der Waals surface area contributed by atoms with Crippen molar-refractivity contribution in [3.05, 3.63) is 83.4 Å². The highest BCUT2D eigenvalue weighted by Crippen LogP contribution is 2.48. The average molecular weight is 500 g/mol. The minimum absolute atomic E-state index is 0.0649. The van der Waals surface area contributed by atoms with E-state index in [1.807, 2.05) is 67.6 Å². The molecule has 2 fully saturated rings. The number of carbonyl (C=O) groups excluding carboxylic acids is 3. The number of carboxylic acids is 1. The zero-order chi connectivity index (χ0) is 26.2. The third-order valence-corrected chi connectivity index (χ3v) is 6.65. The maximum absolute atomic E-state index is 13.3. The van der Waals surface area contributed by atoms with E-state index in [0.29, 0.717) is 6.54 Å². The van der Waals surface area contributed by atoms with Gasteiger partial charge in [0.15, 0.2) is 5.78 Å². The van der Waals surface area contributed by atoms with Crippen LogP contribution in [0.25, 0.3) is 0 Å². The molecule has 2 amide bonds. The minimum Gasteiger partial charge on any atom is -0.475 e. The molecule has 4 unspecified atom stereocenters. The van der Waals surface area contributed by atoms with E-state index in [4.69, 9.17) is 9.90 Å². The monoisotopic (exact) mass is 500 g/mol. The summed E-state index contributed by atoms with van der Waals surface area (Å²) in [7, 11) is 0. The summed E-state index contributed by atoms with van der Waals surface area (Å²) in [6.07, 6.45) is -3.45. The number of carbonyl (C=O) groups is 4. The molecular weight excluding hydrogens is 477 g/mol. The number of alkyl halides is 3. The van der Waals surface area contributed by atoms with E-state index < -0.39 is 30.0 Å². The van der Waals surface area contributed by atoms with Gasteiger partial charge in [-0.3, -0.25) is 24.2 Å². The molecule has 3 aliphatic rings. The molecule has 0 spiro atoms. The van der Waals surface area contributed by atoms with Crippen LogP contribution in [-0.2, 0) is 32.3 Å². The second-order valence-corrected chi connectivity index (χ2v) is 8.94. The first-order valence-corrected chi connectivity index (χ1v) is 11.2. The average Bonchev–Trinajstić information content (AvgIpc) is 3.23. The zero-order valence-corrected chi connectivity index (χ0v) is 19.2. The Morgan fingerprint density at radius 3 is 1.75 bits per heavy atom. The molecular formula is C26H23F3N2O5. The lowest BCUT2D eigenvalue weighted by Gasteiger charge is -2.36. The lowest BCUT2D eigenvalue weighted by atomic mass is 9.89. The van der Waals surface area contributed by atoms with Crippen molar-refractivity contribution in [2.45, 2.75) is 38.3 Å². The van der Waals surface area contributed by atoms with Crippen LogP contribution in [0.4, 0.5) is 13.2 Å². The van der Waals surface area contributed by atoms with Crippen LogP contribution in [0.3, 0.4) is 0 Å². The molecule has 5 rings (SSSR count). The molecule has 3 aliphatic heterocycles. The molecule has 2 aromatic carbocycles. The summed E-state index contributed by atoms with van der Waals surface area (Å²) < 4.78 is 31.7. The van der Waals surface area contributed by atoms with Crippen LogP contribution < -0.4 is 0 Å². The van der Waals surface area contributed by atoms with E-state index in [9.17, 15) is 27.6 Å². The minimum atomic E-state index is -5.08. The van der Waals surface area contributed by atoms with Gasteiger partial charge >= 0.3 is 12.1 Å². The summed E-state index contributed by atoms with van der Waals surface area (Å²) in [4.78, 5) is 51.9. The third kappa shape index (κ3) is 4.68. The van der Waals surface area contributed by atoms with E-state index >= 15 is 0 Å². The number of hydrogen-bond acceptors (Lipinski definition) is 5. The second kappa shape index (κ2) is 9.69. The number of amides is 2. The smallest absolute Gasteiger partial charge is 0.475 e. The summed E-state index contributed by atoms with van der Waals surface area (Å²) in [6, 6.07) is 18.7. The maximum Gasteiger partial charge on any atom is 0.490 e. The number of carboxylic acid groups (broad SMARTS) is 1. The number of benzene rings is 2. The largest absolute Gasteiger partial charge is 0.490 e. The number of nitrogens with zero attached hydrogens (tertiary/aromatic N) is 2. The molecule has 0 radical (unpaired) electrons. The number of fused-ring (bicyclic) bond motifs is 5. The van der Waals surface area contributed by atoms with Crippen LogP contribution in [0.1, 0.15) is 18.1 Å². The van der Waals surface area contributed by atoms with Gasteiger partial charge in [0.1, 0.15) is 0 Å². The highest BCUT2D eigenvalue weighted by atomic mass is 19.4. The fourth-order valence-corrected chi connectivity index (χ4v) is 5.22. The van der Waals surface area contributed by atoms with Crippen LogP contribution >= 0.6 is 0 Å². The van der Waals surface area contributed by atoms with E-state index in [1.54, 1.807) is 6.08 Å². The van der Waals surface area contributed by atoms with Crippen molar-refractivity contribution in [1.82, 2.24) is 9.80 Å². The lowest BCUT2D eigenvalue weighted by molar-refractivity contribution is -0.192. The van der Waals surface area contributed by atoms with Crippen molar-refractivity contribution in [3.8, 4) is 0 Å². The van der Waals surface area contributed by atoms with Crippen LogP contribution in [0, 0.1) is 11.8 Å². The van der Waals surface area contributed by atoms with Crippen molar-refractivity contribution in [2.24, 2.45) is 11.8 Å². The normalized spacial score (nSPS) is 25.3. The maximum atomic E-state index is 13.3. The predicted molar refractivity (Wildman–Crippen MR) is 121 cm³/mol. The molecule has 4 atom stereocenters. The summed E-state index contributed by atoms with van der Waals surface area (Å²) in [5.41, 5.74) is 2.86. The van der Waals surface area contributed by atoms with Crippen LogP contribution in [0.2, 0.25) is 0 Å². The first-order valence-electron chi connectivity index (χ1n) is 11.2. The standard InChI is InChI=1S/C24H22N2O3.C2HF3O2/c1-15-12-18(27)22-20-19(21(15)25(22)13-16-8-4-2-5-9-16)23(28)26(24(20)29)14-17-10-6-3-7-11-17;3-2(4,5)1(6)7/h2-12,19-22H,13-14H2,1H3;(H,6,7). The topological polar surface area (TPSA) is 95.0 Å². The molecule has 2 aromatic rings. The Bertz CT molecular complexity index is 1210. The molecule has 10 heteroatoms. The highest BCUT2D eigenvalue weighted by Gasteiger charge is 2.65. The van der Waals surface area contributed by atoms with E-state index in [1.165, 1.54) is 4.90 Å². The Kier molecular flexibility index (Phi) is 6.81. The Morgan fingerprint density at radius 2 is 1.28 bits per heavy atom. The molecule has 188 valence electrons. The molecule has 3 heterocycles. The van der Waals surface area contributed by atoms with Crippen LogP contribution in [0.15, 0.2) is 72.3 Å². The Balaban J connectivity index is 0.000000384. The highest BCUT2D eigenvalue weighted by molar-refractivity contribution is 6.11. The van der Waals surface area contributed by atoms with Crippen molar-refractivity contribution >= 4 is 23.6 Å². The third-order valence-electron chi connectivity index (χ3n) is 6.65. The number of hydrogen-bond donors (Lipinski definition) is 1. The van der Waals surface area contributed by atoms with Gasteiger partial charge in [-0.1, -0.05) is 66.2 Å². The first kappa shape index (κ1) is 25.3. The van der Waals surface area contributed by atoms with Gasteiger partial charge in [0, 0.05) is 12.6 Å². The van der Waals surface area contributed by atoms with E-state index in [0.717, 1.165) is 16.7 Å². The molecule has 2 saturated heterocycles. The van der Waals surface area contributed by atoms with E-state index in [2.05, 4.69) is 4.90 Å². The first-order chi connectivity index (χ1) is 17.0. The van der Waals surface area contributed by atoms with Crippen LogP contribution in [0.5, 0.6) is 0 Å². The fraction of sp³-hybridized carbons (Fsp3) is 0.308. The molecule has 0 aliphatic carbocycles. The Labute approximate surface area is 204 Å². The van der Waals surface area contributed by atoms with Gasteiger partial charge < -0.3 is 5.11 Å². The number of imide groups is 1. The van der Waals surface area contributed by atoms with Crippen molar-refractivity contribution < 1.29 is 37.5 Å². The molecule has 0 saturated carbocycles. The number of ketones is 1. The van der Waals surface area contributed by atoms with Gasteiger partial charge in [-0.15, -0.1) is 0 Å². The SMILES string of the molecule is CC1=CC(=O)C2C3C(=O)N(Cc4ccccc4)C(=O)C3C1N2Cc1ccccc1.O=C(O)C(F)(F)F. The van der Waals surface area contributed by atoms with Gasteiger partial charge in [0.25, 0.3) is 0 Å². The Morgan fingerprint density at radius 1 is 0.833 bits per heavy atom. The quantitative estimate of drug-likeness (QED) is 0.648.